The van der Waals surface area contributed by atoms with E-state index in [1.165, 1.54) is 36.9 Å². The minimum Gasteiger partial charge on any atom is -0.378 e. The molecule has 0 saturated heterocycles. The molecule has 0 atom stereocenters. The first-order valence-electron chi connectivity index (χ1n) is 5.79. The molecular formula is C13H20N2. The van der Waals surface area contributed by atoms with Gasteiger partial charge in [0, 0.05) is 17.8 Å². The van der Waals surface area contributed by atoms with E-state index >= 15 is 0 Å². The first-order chi connectivity index (χ1) is 7.24. The number of benzene rings is 1. The van der Waals surface area contributed by atoms with Gasteiger partial charge in [-0.1, -0.05) is 25.0 Å². The van der Waals surface area contributed by atoms with E-state index in [1.807, 2.05) is 0 Å². The number of aryl methyl sites for hydroxylation is 1. The highest BCUT2D eigenvalue weighted by atomic mass is 15.0. The van der Waals surface area contributed by atoms with Crippen LogP contribution in [0.3, 0.4) is 0 Å². The quantitative estimate of drug-likeness (QED) is 0.794. The summed E-state index contributed by atoms with van der Waals surface area (Å²) in [4.78, 5) is 0. The van der Waals surface area contributed by atoms with E-state index in [4.69, 9.17) is 5.73 Å². The predicted molar refractivity (Wildman–Crippen MR) is 65.1 cm³/mol. The van der Waals surface area contributed by atoms with Crippen LogP contribution in [0.25, 0.3) is 0 Å². The minimum atomic E-state index is 0.161. The van der Waals surface area contributed by atoms with Crippen LogP contribution in [0.1, 0.15) is 31.2 Å². The average Bonchev–Trinajstić information content (AvgIpc) is 2.67. The molecule has 1 aromatic carbocycles. The van der Waals surface area contributed by atoms with Crippen LogP contribution < -0.4 is 11.1 Å². The Balaban J connectivity index is 2.12. The molecule has 82 valence electrons. The normalized spacial score (nSPS) is 19.1. The third-order valence-electron chi connectivity index (χ3n) is 3.38. The van der Waals surface area contributed by atoms with Crippen molar-refractivity contribution >= 4 is 5.69 Å². The van der Waals surface area contributed by atoms with Crippen LogP contribution >= 0.6 is 0 Å². The number of nitrogens with two attached hydrogens (primary N) is 1. The topological polar surface area (TPSA) is 38.0 Å². The van der Waals surface area contributed by atoms with Crippen LogP contribution in [0.2, 0.25) is 0 Å². The Morgan fingerprint density at radius 3 is 2.67 bits per heavy atom. The SMILES string of the molecule is Cc1cccc(NC2(CN)CCCC2)c1. The summed E-state index contributed by atoms with van der Waals surface area (Å²) in [5.74, 6) is 0. The van der Waals surface area contributed by atoms with Gasteiger partial charge in [-0.2, -0.15) is 0 Å². The second-order valence-corrected chi connectivity index (χ2v) is 4.69. The number of rotatable bonds is 3. The summed E-state index contributed by atoms with van der Waals surface area (Å²) in [7, 11) is 0. The first kappa shape index (κ1) is 10.5. The van der Waals surface area contributed by atoms with Crippen molar-refractivity contribution in [1.82, 2.24) is 0 Å². The van der Waals surface area contributed by atoms with Gasteiger partial charge < -0.3 is 11.1 Å². The van der Waals surface area contributed by atoms with E-state index in [0.717, 1.165) is 6.54 Å². The maximum Gasteiger partial charge on any atom is 0.0495 e. The Kier molecular flexibility index (Phi) is 2.96. The van der Waals surface area contributed by atoms with Crippen LogP contribution in [-0.2, 0) is 0 Å². The smallest absolute Gasteiger partial charge is 0.0495 e. The van der Waals surface area contributed by atoms with Crippen molar-refractivity contribution in [1.29, 1.82) is 0 Å². The molecule has 2 nitrogen and oxygen atoms in total. The average molecular weight is 204 g/mol. The van der Waals surface area contributed by atoms with E-state index in [9.17, 15) is 0 Å². The molecule has 1 aromatic rings. The van der Waals surface area contributed by atoms with Gasteiger partial charge in [-0.15, -0.1) is 0 Å². The van der Waals surface area contributed by atoms with Crippen molar-refractivity contribution < 1.29 is 0 Å². The fourth-order valence-electron chi connectivity index (χ4n) is 2.46. The largest absolute Gasteiger partial charge is 0.378 e. The standard InChI is InChI=1S/C13H20N2/c1-11-5-4-6-12(9-11)15-13(10-14)7-2-3-8-13/h4-6,9,15H,2-3,7-8,10,14H2,1H3. The van der Waals surface area contributed by atoms with Gasteiger partial charge in [0.15, 0.2) is 0 Å². The van der Waals surface area contributed by atoms with E-state index < -0.39 is 0 Å². The van der Waals surface area contributed by atoms with Gasteiger partial charge in [0.05, 0.1) is 0 Å². The molecular weight excluding hydrogens is 184 g/mol. The molecule has 3 N–H and O–H groups in total. The van der Waals surface area contributed by atoms with Crippen molar-refractivity contribution in [3.05, 3.63) is 29.8 Å². The maximum absolute atomic E-state index is 5.89. The monoisotopic (exact) mass is 204 g/mol. The van der Waals surface area contributed by atoms with E-state index in [1.54, 1.807) is 0 Å². The number of hydrogen-bond donors (Lipinski definition) is 2. The zero-order chi connectivity index (χ0) is 10.7. The summed E-state index contributed by atoms with van der Waals surface area (Å²) in [6.45, 7) is 2.86. The Morgan fingerprint density at radius 2 is 2.07 bits per heavy atom. The van der Waals surface area contributed by atoms with Crippen LogP contribution in [0, 0.1) is 6.92 Å². The summed E-state index contributed by atoms with van der Waals surface area (Å²) < 4.78 is 0. The van der Waals surface area contributed by atoms with Gasteiger partial charge >= 0.3 is 0 Å². The van der Waals surface area contributed by atoms with Crippen molar-refractivity contribution in [2.24, 2.45) is 5.73 Å². The molecule has 0 bridgehead atoms. The second kappa shape index (κ2) is 4.23. The highest BCUT2D eigenvalue weighted by molar-refractivity contribution is 5.48. The van der Waals surface area contributed by atoms with E-state index in [-0.39, 0.29) is 5.54 Å². The Bertz CT molecular complexity index is 327. The molecule has 0 spiro atoms. The van der Waals surface area contributed by atoms with E-state index in [0.29, 0.717) is 0 Å². The van der Waals surface area contributed by atoms with Crippen molar-refractivity contribution in [2.75, 3.05) is 11.9 Å². The zero-order valence-corrected chi connectivity index (χ0v) is 9.42. The van der Waals surface area contributed by atoms with Crippen molar-refractivity contribution in [3.63, 3.8) is 0 Å². The van der Waals surface area contributed by atoms with Crippen LogP contribution in [-0.4, -0.2) is 12.1 Å². The summed E-state index contributed by atoms with van der Waals surface area (Å²) in [6.07, 6.45) is 5.01. The number of anilines is 1. The lowest BCUT2D eigenvalue weighted by atomic mass is 9.97. The van der Waals surface area contributed by atoms with Gasteiger partial charge in [-0.3, -0.25) is 0 Å². The maximum atomic E-state index is 5.89. The summed E-state index contributed by atoms with van der Waals surface area (Å²) in [5.41, 5.74) is 8.56. The fraction of sp³-hybridized carbons (Fsp3) is 0.538. The summed E-state index contributed by atoms with van der Waals surface area (Å²) in [5, 5.41) is 3.62. The molecule has 0 amide bonds. The molecule has 15 heavy (non-hydrogen) atoms. The van der Waals surface area contributed by atoms with Crippen molar-refractivity contribution in [2.45, 2.75) is 38.1 Å². The fourth-order valence-corrected chi connectivity index (χ4v) is 2.46. The second-order valence-electron chi connectivity index (χ2n) is 4.69. The summed E-state index contributed by atoms with van der Waals surface area (Å²) >= 11 is 0. The molecule has 0 aliphatic heterocycles. The Morgan fingerprint density at radius 1 is 1.33 bits per heavy atom. The third kappa shape index (κ3) is 2.32. The van der Waals surface area contributed by atoms with Gasteiger partial charge in [0.2, 0.25) is 0 Å². The lowest BCUT2D eigenvalue weighted by Crippen LogP contribution is -2.42. The summed E-state index contributed by atoms with van der Waals surface area (Å²) in [6, 6.07) is 8.53. The Hall–Kier alpha value is -1.02. The zero-order valence-electron chi connectivity index (χ0n) is 9.42. The molecule has 1 aliphatic carbocycles. The van der Waals surface area contributed by atoms with E-state index in [2.05, 4.69) is 36.5 Å². The first-order valence-corrected chi connectivity index (χ1v) is 5.79. The number of nitrogens with one attached hydrogen (secondary N) is 1. The van der Waals surface area contributed by atoms with Gasteiger partial charge in [-0.05, 0) is 37.5 Å². The van der Waals surface area contributed by atoms with Crippen molar-refractivity contribution in [3.8, 4) is 0 Å². The van der Waals surface area contributed by atoms with Gasteiger partial charge in [0.25, 0.3) is 0 Å². The highest BCUT2D eigenvalue weighted by Gasteiger charge is 2.31. The molecule has 1 fully saturated rings. The van der Waals surface area contributed by atoms with Crippen LogP contribution in [0.4, 0.5) is 5.69 Å². The molecule has 0 heterocycles. The van der Waals surface area contributed by atoms with Gasteiger partial charge in [-0.25, -0.2) is 0 Å². The number of hydrogen-bond acceptors (Lipinski definition) is 2. The highest BCUT2D eigenvalue weighted by Crippen LogP contribution is 2.32. The molecule has 1 aliphatic rings. The molecule has 0 radical (unpaired) electrons. The Labute approximate surface area is 91.9 Å². The lowest BCUT2D eigenvalue weighted by molar-refractivity contribution is 0.493. The van der Waals surface area contributed by atoms with Crippen LogP contribution in [0.5, 0.6) is 0 Å². The molecule has 2 heteroatoms. The minimum absolute atomic E-state index is 0.161. The molecule has 0 aromatic heterocycles. The molecule has 1 saturated carbocycles. The van der Waals surface area contributed by atoms with Crippen LogP contribution in [0.15, 0.2) is 24.3 Å². The molecule has 2 rings (SSSR count). The third-order valence-corrected chi connectivity index (χ3v) is 3.38. The lowest BCUT2D eigenvalue weighted by Gasteiger charge is -2.30. The van der Waals surface area contributed by atoms with Gasteiger partial charge in [0.1, 0.15) is 0 Å². The molecule has 0 unspecified atom stereocenters. The predicted octanol–water partition coefficient (Wildman–Crippen LogP) is 2.68.